The first-order chi connectivity index (χ1) is 9.04. The van der Waals surface area contributed by atoms with E-state index in [1.54, 1.807) is 0 Å². The SMILES string of the molecule is CNCC1CN(C)CCC(C)(C)N1c1ccccc1. The molecule has 0 saturated carbocycles. The number of benzene rings is 1. The maximum Gasteiger partial charge on any atom is 0.0546 e. The van der Waals surface area contributed by atoms with Crippen LogP contribution >= 0.6 is 0 Å². The first-order valence-corrected chi connectivity index (χ1v) is 7.22. The molecule has 0 radical (unpaired) electrons. The second kappa shape index (κ2) is 5.93. The van der Waals surface area contributed by atoms with E-state index in [2.05, 4.69) is 66.3 Å². The van der Waals surface area contributed by atoms with Gasteiger partial charge in [-0.05, 0) is 46.5 Å². The van der Waals surface area contributed by atoms with Gasteiger partial charge in [0, 0.05) is 30.9 Å². The molecule has 1 N–H and O–H groups in total. The normalized spacial score (nSPS) is 24.2. The summed E-state index contributed by atoms with van der Waals surface area (Å²) in [6.45, 7) is 8.02. The number of nitrogens with zero attached hydrogens (tertiary/aromatic N) is 2. The van der Waals surface area contributed by atoms with Gasteiger partial charge in [0.15, 0.2) is 0 Å². The molecule has 1 aliphatic heterocycles. The fraction of sp³-hybridized carbons (Fsp3) is 0.625. The molecule has 3 heteroatoms. The molecular weight excluding hydrogens is 234 g/mol. The third-order valence-corrected chi connectivity index (χ3v) is 4.12. The average Bonchev–Trinajstić information content (AvgIpc) is 2.48. The minimum absolute atomic E-state index is 0.188. The third-order valence-electron chi connectivity index (χ3n) is 4.12. The van der Waals surface area contributed by atoms with Gasteiger partial charge in [0.05, 0.1) is 6.04 Å². The van der Waals surface area contributed by atoms with Crippen LogP contribution in [0.15, 0.2) is 30.3 Å². The fourth-order valence-electron chi connectivity index (χ4n) is 3.15. The highest BCUT2D eigenvalue weighted by molar-refractivity contribution is 5.50. The lowest BCUT2D eigenvalue weighted by Gasteiger charge is -2.44. The molecule has 0 spiro atoms. The Morgan fingerprint density at radius 1 is 1.26 bits per heavy atom. The lowest BCUT2D eigenvalue weighted by Crippen LogP contribution is -2.54. The number of para-hydroxylation sites is 1. The molecule has 1 saturated heterocycles. The molecule has 1 unspecified atom stereocenters. The molecule has 0 aliphatic carbocycles. The zero-order chi connectivity index (χ0) is 13.9. The summed E-state index contributed by atoms with van der Waals surface area (Å²) in [4.78, 5) is 5.06. The second-order valence-electron chi connectivity index (χ2n) is 6.24. The Labute approximate surface area is 117 Å². The van der Waals surface area contributed by atoms with Crippen LogP contribution < -0.4 is 10.2 Å². The van der Waals surface area contributed by atoms with Crippen molar-refractivity contribution in [1.82, 2.24) is 10.2 Å². The minimum Gasteiger partial charge on any atom is -0.361 e. The smallest absolute Gasteiger partial charge is 0.0546 e. The molecule has 3 nitrogen and oxygen atoms in total. The summed E-state index contributed by atoms with van der Waals surface area (Å²) >= 11 is 0. The van der Waals surface area contributed by atoms with Crippen LogP contribution in [0.5, 0.6) is 0 Å². The van der Waals surface area contributed by atoms with Crippen molar-refractivity contribution in [2.24, 2.45) is 0 Å². The molecule has 0 bridgehead atoms. The molecule has 106 valence electrons. The van der Waals surface area contributed by atoms with Crippen molar-refractivity contribution < 1.29 is 0 Å². The largest absolute Gasteiger partial charge is 0.361 e. The van der Waals surface area contributed by atoms with Gasteiger partial charge >= 0.3 is 0 Å². The second-order valence-corrected chi connectivity index (χ2v) is 6.24. The van der Waals surface area contributed by atoms with Gasteiger partial charge in [-0.3, -0.25) is 0 Å². The molecule has 1 atom stereocenters. The first-order valence-electron chi connectivity index (χ1n) is 7.22. The van der Waals surface area contributed by atoms with E-state index >= 15 is 0 Å². The number of hydrogen-bond donors (Lipinski definition) is 1. The summed E-state index contributed by atoms with van der Waals surface area (Å²) in [5.74, 6) is 0. The van der Waals surface area contributed by atoms with Gasteiger partial charge in [0.2, 0.25) is 0 Å². The quantitative estimate of drug-likeness (QED) is 0.900. The Kier molecular flexibility index (Phi) is 4.48. The van der Waals surface area contributed by atoms with Crippen molar-refractivity contribution in [1.29, 1.82) is 0 Å². The molecule has 1 aliphatic rings. The maximum atomic E-state index is 3.35. The van der Waals surface area contributed by atoms with Gasteiger partial charge in [-0.25, -0.2) is 0 Å². The van der Waals surface area contributed by atoms with E-state index in [1.165, 1.54) is 12.1 Å². The number of anilines is 1. The van der Waals surface area contributed by atoms with E-state index in [0.717, 1.165) is 19.6 Å². The topological polar surface area (TPSA) is 18.5 Å². The fourth-order valence-corrected chi connectivity index (χ4v) is 3.15. The van der Waals surface area contributed by atoms with Gasteiger partial charge < -0.3 is 15.1 Å². The van der Waals surface area contributed by atoms with Gasteiger partial charge in [0.25, 0.3) is 0 Å². The molecular formula is C16H27N3. The average molecular weight is 261 g/mol. The third kappa shape index (κ3) is 3.28. The maximum absolute atomic E-state index is 3.35. The highest BCUT2D eigenvalue weighted by Gasteiger charge is 2.35. The van der Waals surface area contributed by atoms with E-state index in [0.29, 0.717) is 6.04 Å². The first kappa shape index (κ1) is 14.4. The van der Waals surface area contributed by atoms with Crippen molar-refractivity contribution in [2.75, 3.05) is 38.6 Å². The number of nitrogens with one attached hydrogen (secondary N) is 1. The number of rotatable bonds is 3. The van der Waals surface area contributed by atoms with Crippen LogP contribution in [-0.2, 0) is 0 Å². The van der Waals surface area contributed by atoms with Crippen LogP contribution in [-0.4, -0.2) is 50.2 Å². The lowest BCUT2D eigenvalue weighted by molar-refractivity contribution is 0.326. The minimum atomic E-state index is 0.188. The number of likely N-dealkylation sites (N-methyl/N-ethyl adjacent to an activating group) is 2. The van der Waals surface area contributed by atoms with Gasteiger partial charge in [-0.1, -0.05) is 18.2 Å². The summed E-state index contributed by atoms with van der Waals surface area (Å²) in [5.41, 5.74) is 1.52. The highest BCUT2D eigenvalue weighted by atomic mass is 15.3. The Morgan fingerprint density at radius 2 is 1.95 bits per heavy atom. The van der Waals surface area contributed by atoms with Crippen molar-refractivity contribution >= 4 is 5.69 Å². The van der Waals surface area contributed by atoms with Crippen LogP contribution in [0, 0.1) is 0 Å². The molecule has 1 heterocycles. The van der Waals surface area contributed by atoms with Crippen molar-refractivity contribution in [3.63, 3.8) is 0 Å². The molecule has 19 heavy (non-hydrogen) atoms. The molecule has 2 rings (SSSR count). The Balaban J connectivity index is 2.36. The van der Waals surface area contributed by atoms with Crippen LogP contribution in [0.3, 0.4) is 0 Å². The van der Waals surface area contributed by atoms with E-state index in [9.17, 15) is 0 Å². The van der Waals surface area contributed by atoms with E-state index in [-0.39, 0.29) is 5.54 Å². The predicted molar refractivity (Wildman–Crippen MR) is 82.8 cm³/mol. The Hall–Kier alpha value is -1.06. The van der Waals surface area contributed by atoms with Crippen LogP contribution in [0.4, 0.5) is 5.69 Å². The summed E-state index contributed by atoms with van der Waals surface area (Å²) in [6, 6.07) is 11.3. The predicted octanol–water partition coefficient (Wildman–Crippen LogP) is 2.20. The summed E-state index contributed by atoms with van der Waals surface area (Å²) in [7, 11) is 4.27. The summed E-state index contributed by atoms with van der Waals surface area (Å²) < 4.78 is 0. The monoisotopic (exact) mass is 261 g/mol. The van der Waals surface area contributed by atoms with Crippen LogP contribution in [0.1, 0.15) is 20.3 Å². The molecule has 1 aromatic carbocycles. The van der Waals surface area contributed by atoms with Gasteiger partial charge in [0.1, 0.15) is 0 Å². The summed E-state index contributed by atoms with van der Waals surface area (Å²) in [5, 5.41) is 3.35. The number of hydrogen-bond acceptors (Lipinski definition) is 3. The summed E-state index contributed by atoms with van der Waals surface area (Å²) in [6.07, 6.45) is 1.19. The molecule has 1 fully saturated rings. The Morgan fingerprint density at radius 3 is 2.58 bits per heavy atom. The van der Waals surface area contributed by atoms with E-state index in [1.807, 2.05) is 7.05 Å². The zero-order valence-electron chi connectivity index (χ0n) is 12.7. The van der Waals surface area contributed by atoms with E-state index in [4.69, 9.17) is 0 Å². The van der Waals surface area contributed by atoms with Crippen LogP contribution in [0.25, 0.3) is 0 Å². The standard InChI is InChI=1S/C16H27N3/c1-16(2)10-11-18(4)13-15(12-17-3)19(16)14-8-6-5-7-9-14/h5-9,15,17H,10-13H2,1-4H3. The van der Waals surface area contributed by atoms with E-state index < -0.39 is 0 Å². The van der Waals surface area contributed by atoms with Crippen molar-refractivity contribution in [3.05, 3.63) is 30.3 Å². The van der Waals surface area contributed by atoms with Crippen LogP contribution in [0.2, 0.25) is 0 Å². The molecule has 0 amide bonds. The zero-order valence-corrected chi connectivity index (χ0v) is 12.7. The lowest BCUT2D eigenvalue weighted by atomic mass is 9.95. The molecule has 0 aromatic heterocycles. The molecule has 1 aromatic rings. The van der Waals surface area contributed by atoms with Gasteiger partial charge in [-0.2, -0.15) is 0 Å². The van der Waals surface area contributed by atoms with Crippen molar-refractivity contribution in [3.8, 4) is 0 Å². The highest BCUT2D eigenvalue weighted by Crippen LogP contribution is 2.31. The Bertz CT molecular complexity index is 388. The van der Waals surface area contributed by atoms with Crippen molar-refractivity contribution in [2.45, 2.75) is 31.8 Å². The van der Waals surface area contributed by atoms with Gasteiger partial charge in [-0.15, -0.1) is 0 Å².